The summed E-state index contributed by atoms with van der Waals surface area (Å²) in [5.41, 5.74) is 6.85. The van der Waals surface area contributed by atoms with E-state index in [9.17, 15) is 14.7 Å². The fraction of sp³-hybridized carbons (Fsp3) is 0.333. The third kappa shape index (κ3) is 11.2. The smallest absolute Gasteiger partial charge is 0.256 e. The first-order valence-electron chi connectivity index (χ1n) is 9.95. The van der Waals surface area contributed by atoms with Gasteiger partial charge in [-0.1, -0.05) is 44.0 Å². The molecule has 188 valence electrons. The molecule has 2 aromatic carbocycles. The van der Waals surface area contributed by atoms with Crippen LogP contribution in [0, 0.1) is 27.0 Å². The first kappa shape index (κ1) is 32.5. The van der Waals surface area contributed by atoms with E-state index in [2.05, 4.69) is 46.9 Å². The van der Waals surface area contributed by atoms with E-state index in [-0.39, 0.29) is 10.7 Å². The van der Waals surface area contributed by atoms with E-state index in [4.69, 9.17) is 35.6 Å². The molecule has 2 atom stereocenters. The number of hydrogen-bond acceptors (Lipinski definition) is 5. The molecule has 0 unspecified atom stereocenters. The predicted molar refractivity (Wildman–Crippen MR) is 148 cm³/mol. The summed E-state index contributed by atoms with van der Waals surface area (Å²) >= 11 is 10.9. The summed E-state index contributed by atoms with van der Waals surface area (Å²) in [6.45, 7) is 20.1. The molecule has 2 rings (SSSR count). The SMILES string of the molecule is C[C@](O)(CBr)C(=O)Cl.[C-]#[N+]c1ccc(N)cc1C.[C-]#[N+]c1ccc(NC(=O)[C@@](C)(O)CBr)cc1C. The van der Waals surface area contributed by atoms with Crippen molar-refractivity contribution in [2.45, 2.75) is 38.9 Å². The number of nitrogen functional groups attached to an aromatic ring is 1. The summed E-state index contributed by atoms with van der Waals surface area (Å²) in [6, 6.07) is 10.3. The Labute approximate surface area is 227 Å². The molecule has 0 fully saturated rings. The number of halogens is 3. The van der Waals surface area contributed by atoms with Crippen LogP contribution in [-0.4, -0.2) is 43.2 Å². The lowest BCUT2D eigenvalue weighted by Gasteiger charge is -2.19. The van der Waals surface area contributed by atoms with Gasteiger partial charge >= 0.3 is 0 Å². The number of nitrogens with one attached hydrogen (secondary N) is 1. The molecule has 0 heterocycles. The quantitative estimate of drug-likeness (QED) is 0.147. The van der Waals surface area contributed by atoms with Crippen LogP contribution in [0.3, 0.4) is 0 Å². The van der Waals surface area contributed by atoms with Gasteiger partial charge in [-0.3, -0.25) is 9.59 Å². The Balaban J connectivity index is 0.000000545. The highest BCUT2D eigenvalue weighted by atomic mass is 79.9. The van der Waals surface area contributed by atoms with Gasteiger partial charge in [0.15, 0.2) is 11.4 Å². The van der Waals surface area contributed by atoms with Gasteiger partial charge in [-0.2, -0.15) is 0 Å². The monoisotopic (exact) mass is 628 g/mol. The van der Waals surface area contributed by atoms with E-state index in [0.717, 1.165) is 11.1 Å². The van der Waals surface area contributed by atoms with Gasteiger partial charge in [0.1, 0.15) is 11.2 Å². The number of anilines is 2. The van der Waals surface area contributed by atoms with Crippen LogP contribution in [0.15, 0.2) is 36.4 Å². The Morgan fingerprint density at radius 1 is 0.971 bits per heavy atom. The first-order valence-corrected chi connectivity index (χ1v) is 12.6. The molecular weight excluding hydrogens is 604 g/mol. The standard InChI is InChI=1S/C12H13BrN2O2.C8H8N2.C4H6BrClO2/c1-8-6-9(4-5-10(8)14-3)15-11(16)12(2,17)7-13;1-6-5-7(9)3-4-8(6)10-2;1-4(8,2-5)3(6)7/h4-6,17H,7H2,1-2H3,(H,15,16);3-5H,9H2,1H3;8H,2H2,1H3/t12-;;4-/m0.0/s1. The molecule has 5 N–H and O–H groups in total. The van der Waals surface area contributed by atoms with Crippen molar-refractivity contribution in [1.82, 2.24) is 0 Å². The molecule has 0 aliphatic carbocycles. The number of alkyl halides is 2. The summed E-state index contributed by atoms with van der Waals surface area (Å²) in [4.78, 5) is 28.5. The Morgan fingerprint density at radius 3 is 1.77 bits per heavy atom. The Kier molecular flexibility index (Phi) is 13.8. The molecule has 8 nitrogen and oxygen atoms in total. The summed E-state index contributed by atoms with van der Waals surface area (Å²) in [6.07, 6.45) is 0. The normalized spacial score (nSPS) is 13.1. The molecule has 0 spiro atoms. The van der Waals surface area contributed by atoms with Gasteiger partial charge in [0.05, 0.1) is 13.1 Å². The Morgan fingerprint density at radius 2 is 1.43 bits per heavy atom. The lowest BCUT2D eigenvalue weighted by Crippen LogP contribution is -2.41. The van der Waals surface area contributed by atoms with Crippen LogP contribution >= 0.6 is 43.5 Å². The molecule has 0 saturated carbocycles. The maximum Gasteiger partial charge on any atom is 0.256 e. The minimum Gasteiger partial charge on any atom is -0.399 e. The number of benzene rings is 2. The minimum atomic E-state index is -1.45. The first-order chi connectivity index (χ1) is 16.1. The number of carbonyl (C=O) groups is 2. The molecule has 0 aliphatic rings. The van der Waals surface area contributed by atoms with Gasteiger partial charge in [0.25, 0.3) is 11.1 Å². The molecule has 1 amide bonds. The molecular formula is C24H27Br2ClN4O4. The van der Waals surface area contributed by atoms with E-state index in [1.807, 2.05) is 6.92 Å². The molecule has 35 heavy (non-hydrogen) atoms. The zero-order chi connectivity index (χ0) is 27.4. The van der Waals surface area contributed by atoms with Crippen molar-refractivity contribution in [2.24, 2.45) is 0 Å². The second kappa shape index (κ2) is 14.8. The number of carbonyl (C=O) groups excluding carboxylic acids is 2. The Bertz CT molecular complexity index is 1130. The third-order valence-electron chi connectivity index (χ3n) is 4.35. The number of nitrogens with zero attached hydrogens (tertiary/aromatic N) is 2. The van der Waals surface area contributed by atoms with E-state index >= 15 is 0 Å². The largest absolute Gasteiger partial charge is 0.399 e. The predicted octanol–water partition coefficient (Wildman–Crippen LogP) is 5.66. The van der Waals surface area contributed by atoms with Crippen LogP contribution in [-0.2, 0) is 9.59 Å². The number of aryl methyl sites for hydroxylation is 2. The average Bonchev–Trinajstić information content (AvgIpc) is 2.80. The van der Waals surface area contributed by atoms with Crippen molar-refractivity contribution in [1.29, 1.82) is 0 Å². The zero-order valence-corrected chi connectivity index (χ0v) is 23.6. The van der Waals surface area contributed by atoms with Crippen LogP contribution in [0.4, 0.5) is 22.7 Å². The second-order valence-electron chi connectivity index (χ2n) is 7.81. The van der Waals surface area contributed by atoms with Crippen molar-refractivity contribution in [3.05, 3.63) is 70.4 Å². The maximum atomic E-state index is 11.7. The summed E-state index contributed by atoms with van der Waals surface area (Å²) in [5, 5.41) is 20.8. The minimum absolute atomic E-state index is 0.158. The highest BCUT2D eigenvalue weighted by molar-refractivity contribution is 9.09. The highest BCUT2D eigenvalue weighted by Gasteiger charge is 2.29. The van der Waals surface area contributed by atoms with Gasteiger partial charge in [-0.15, -0.1) is 0 Å². The maximum absolute atomic E-state index is 11.7. The van der Waals surface area contributed by atoms with Crippen LogP contribution in [0.1, 0.15) is 25.0 Å². The van der Waals surface area contributed by atoms with Crippen LogP contribution in [0.25, 0.3) is 9.69 Å². The molecule has 11 heteroatoms. The molecule has 0 aromatic heterocycles. The molecule has 0 saturated heterocycles. The van der Waals surface area contributed by atoms with E-state index in [1.54, 1.807) is 43.3 Å². The van der Waals surface area contributed by atoms with Crippen molar-refractivity contribution in [3.8, 4) is 0 Å². The van der Waals surface area contributed by atoms with Gasteiger partial charge in [0.2, 0.25) is 0 Å². The van der Waals surface area contributed by atoms with Crippen molar-refractivity contribution in [2.75, 3.05) is 21.7 Å². The van der Waals surface area contributed by atoms with E-state index in [1.165, 1.54) is 13.8 Å². The fourth-order valence-electron chi connectivity index (χ4n) is 2.04. The van der Waals surface area contributed by atoms with Crippen molar-refractivity contribution >= 4 is 77.4 Å². The highest BCUT2D eigenvalue weighted by Crippen LogP contribution is 2.23. The number of amides is 1. The lowest BCUT2D eigenvalue weighted by atomic mass is 10.1. The number of aliphatic hydroxyl groups is 2. The van der Waals surface area contributed by atoms with Gasteiger partial charge < -0.3 is 21.3 Å². The Hall–Kier alpha value is -2.47. The van der Waals surface area contributed by atoms with Crippen LogP contribution < -0.4 is 11.1 Å². The van der Waals surface area contributed by atoms with Gasteiger partial charge in [-0.05, 0) is 74.7 Å². The number of rotatable bonds is 5. The lowest BCUT2D eigenvalue weighted by molar-refractivity contribution is -0.130. The third-order valence-corrected chi connectivity index (χ3v) is 6.94. The van der Waals surface area contributed by atoms with E-state index in [0.29, 0.717) is 22.7 Å². The topological polar surface area (TPSA) is 121 Å². The van der Waals surface area contributed by atoms with E-state index < -0.39 is 22.4 Å². The number of hydrogen-bond donors (Lipinski definition) is 4. The van der Waals surface area contributed by atoms with Crippen LogP contribution in [0.2, 0.25) is 0 Å². The molecule has 0 radical (unpaired) electrons. The fourth-order valence-corrected chi connectivity index (χ4v) is 2.78. The zero-order valence-electron chi connectivity index (χ0n) is 19.7. The van der Waals surface area contributed by atoms with Gasteiger partial charge in [-0.25, -0.2) is 9.69 Å². The molecule has 2 aromatic rings. The average molecular weight is 631 g/mol. The number of nitrogens with two attached hydrogens (primary N) is 1. The van der Waals surface area contributed by atoms with Gasteiger partial charge in [0, 0.05) is 22.0 Å². The molecule has 0 bridgehead atoms. The molecule has 0 aliphatic heterocycles. The van der Waals surface area contributed by atoms with Crippen molar-refractivity contribution < 1.29 is 19.8 Å². The van der Waals surface area contributed by atoms with Crippen molar-refractivity contribution in [3.63, 3.8) is 0 Å². The summed E-state index contributed by atoms with van der Waals surface area (Å²) in [5.74, 6) is -0.482. The second-order valence-corrected chi connectivity index (χ2v) is 9.28. The summed E-state index contributed by atoms with van der Waals surface area (Å²) < 4.78 is 0. The van der Waals surface area contributed by atoms with Crippen LogP contribution in [0.5, 0.6) is 0 Å². The summed E-state index contributed by atoms with van der Waals surface area (Å²) in [7, 11) is 0.